The molecule has 0 aromatic heterocycles. The molecule has 0 saturated heterocycles. The monoisotopic (exact) mass is 301 g/mol. The highest BCUT2D eigenvalue weighted by molar-refractivity contribution is 9.09. The summed E-state index contributed by atoms with van der Waals surface area (Å²) >= 11 is 3.54. The molecule has 0 aliphatic rings. The molecular weight excluding hydrogens is 286 g/mol. The number of nitro groups is 1. The van der Waals surface area contributed by atoms with Gasteiger partial charge in [0.1, 0.15) is 0 Å². The van der Waals surface area contributed by atoms with Crippen molar-refractivity contribution < 1.29 is 9.66 Å². The summed E-state index contributed by atoms with van der Waals surface area (Å²) in [4.78, 5) is 10.4. The van der Waals surface area contributed by atoms with Gasteiger partial charge in [-0.25, -0.2) is 0 Å². The summed E-state index contributed by atoms with van der Waals surface area (Å²) < 4.78 is 5.25. The van der Waals surface area contributed by atoms with Gasteiger partial charge in [0.2, 0.25) is 0 Å². The summed E-state index contributed by atoms with van der Waals surface area (Å²) in [6.45, 7) is 3.42. The molecule has 0 radical (unpaired) electrons. The van der Waals surface area contributed by atoms with Crippen LogP contribution < -0.4 is 0 Å². The third kappa shape index (κ3) is 4.83. The van der Waals surface area contributed by atoms with Gasteiger partial charge in [0.25, 0.3) is 5.69 Å². The number of nitrogens with zero attached hydrogens (tertiary/aromatic N) is 1. The van der Waals surface area contributed by atoms with Crippen LogP contribution in [0.25, 0.3) is 0 Å². The standard InChI is InChI=1S/C12H16BrNO3/c1-2-17-8-4-7-12(13)10-5-3-6-11(9-10)14(15)16/h3,5-6,9,12H,2,4,7-8H2,1H3. The van der Waals surface area contributed by atoms with Crippen LogP contribution in [0.1, 0.15) is 30.2 Å². The molecule has 94 valence electrons. The smallest absolute Gasteiger partial charge is 0.269 e. The number of alkyl halides is 1. The first-order valence-corrected chi connectivity index (χ1v) is 6.53. The number of halogens is 1. The van der Waals surface area contributed by atoms with Crippen molar-refractivity contribution in [3.05, 3.63) is 39.9 Å². The minimum absolute atomic E-state index is 0.136. The van der Waals surface area contributed by atoms with E-state index in [1.165, 1.54) is 6.07 Å². The van der Waals surface area contributed by atoms with E-state index in [1.807, 2.05) is 13.0 Å². The zero-order chi connectivity index (χ0) is 12.7. The summed E-state index contributed by atoms with van der Waals surface area (Å²) in [6, 6.07) is 6.72. The molecule has 1 rings (SSSR count). The molecule has 1 aromatic carbocycles. The molecule has 0 aliphatic heterocycles. The first-order chi connectivity index (χ1) is 8.15. The first kappa shape index (κ1) is 14.1. The predicted octanol–water partition coefficient (Wildman–Crippen LogP) is 3.85. The highest BCUT2D eigenvalue weighted by Gasteiger charge is 2.11. The fourth-order valence-electron chi connectivity index (χ4n) is 1.51. The third-order valence-electron chi connectivity index (χ3n) is 2.39. The van der Waals surface area contributed by atoms with Gasteiger partial charge in [-0.15, -0.1) is 0 Å². The van der Waals surface area contributed by atoms with Crippen molar-refractivity contribution in [2.75, 3.05) is 13.2 Å². The average Bonchev–Trinajstić information content (AvgIpc) is 2.34. The highest BCUT2D eigenvalue weighted by atomic mass is 79.9. The van der Waals surface area contributed by atoms with E-state index >= 15 is 0 Å². The van der Waals surface area contributed by atoms with Crippen LogP contribution in [0.2, 0.25) is 0 Å². The second-order valence-corrected chi connectivity index (χ2v) is 4.76. The molecule has 0 spiro atoms. The van der Waals surface area contributed by atoms with E-state index in [9.17, 15) is 10.1 Å². The summed E-state index contributed by atoms with van der Waals surface area (Å²) in [6.07, 6.45) is 1.84. The minimum Gasteiger partial charge on any atom is -0.382 e. The second kappa shape index (κ2) is 7.40. The predicted molar refractivity (Wildman–Crippen MR) is 70.5 cm³/mol. The van der Waals surface area contributed by atoms with Gasteiger partial charge in [-0.3, -0.25) is 10.1 Å². The van der Waals surface area contributed by atoms with Crippen molar-refractivity contribution in [3.63, 3.8) is 0 Å². The minimum atomic E-state index is -0.372. The average molecular weight is 302 g/mol. The van der Waals surface area contributed by atoms with Gasteiger partial charge in [-0.1, -0.05) is 28.1 Å². The fourth-order valence-corrected chi connectivity index (χ4v) is 2.12. The molecule has 1 atom stereocenters. The highest BCUT2D eigenvalue weighted by Crippen LogP contribution is 2.29. The molecule has 0 fully saturated rings. The van der Waals surface area contributed by atoms with Gasteiger partial charge in [0.15, 0.2) is 0 Å². The number of rotatable bonds is 7. The Labute approximate surface area is 109 Å². The number of benzene rings is 1. The molecular formula is C12H16BrNO3. The number of ether oxygens (including phenoxy) is 1. The van der Waals surface area contributed by atoms with Crippen molar-refractivity contribution >= 4 is 21.6 Å². The Morgan fingerprint density at radius 3 is 2.94 bits per heavy atom. The molecule has 17 heavy (non-hydrogen) atoms. The normalized spacial score (nSPS) is 12.4. The molecule has 0 amide bonds. The van der Waals surface area contributed by atoms with E-state index in [1.54, 1.807) is 12.1 Å². The van der Waals surface area contributed by atoms with Gasteiger partial charge in [0.05, 0.1) is 4.92 Å². The molecule has 0 N–H and O–H groups in total. The van der Waals surface area contributed by atoms with Gasteiger partial charge in [0, 0.05) is 30.2 Å². The SMILES string of the molecule is CCOCCCC(Br)c1cccc([N+](=O)[O-])c1. The third-order valence-corrected chi connectivity index (χ3v) is 3.38. The zero-order valence-electron chi connectivity index (χ0n) is 9.77. The molecule has 0 saturated carbocycles. The number of nitro benzene ring substituents is 1. The number of non-ortho nitro benzene ring substituents is 1. The van der Waals surface area contributed by atoms with Crippen molar-refractivity contribution in [3.8, 4) is 0 Å². The molecule has 5 heteroatoms. The van der Waals surface area contributed by atoms with Crippen LogP contribution in [0.3, 0.4) is 0 Å². The van der Waals surface area contributed by atoms with Crippen LogP contribution >= 0.6 is 15.9 Å². The van der Waals surface area contributed by atoms with Crippen molar-refractivity contribution in [1.29, 1.82) is 0 Å². The summed E-state index contributed by atoms with van der Waals surface area (Å²) in [7, 11) is 0. The van der Waals surface area contributed by atoms with Gasteiger partial charge in [-0.05, 0) is 25.3 Å². The number of hydrogen-bond acceptors (Lipinski definition) is 3. The molecule has 0 aliphatic carbocycles. The molecule has 4 nitrogen and oxygen atoms in total. The lowest BCUT2D eigenvalue weighted by molar-refractivity contribution is -0.384. The fraction of sp³-hybridized carbons (Fsp3) is 0.500. The molecule has 1 aromatic rings. The Morgan fingerprint density at radius 1 is 1.53 bits per heavy atom. The Hall–Kier alpha value is -0.940. The first-order valence-electron chi connectivity index (χ1n) is 5.61. The van der Waals surface area contributed by atoms with Crippen molar-refractivity contribution in [2.45, 2.75) is 24.6 Å². The van der Waals surface area contributed by atoms with E-state index in [0.717, 1.165) is 31.6 Å². The Kier molecular flexibility index (Phi) is 6.15. The van der Waals surface area contributed by atoms with Crippen molar-refractivity contribution in [1.82, 2.24) is 0 Å². The largest absolute Gasteiger partial charge is 0.382 e. The Balaban J connectivity index is 2.53. The summed E-state index contributed by atoms with van der Waals surface area (Å²) in [5.41, 5.74) is 1.08. The van der Waals surface area contributed by atoms with Gasteiger partial charge in [-0.2, -0.15) is 0 Å². The topological polar surface area (TPSA) is 52.4 Å². The van der Waals surface area contributed by atoms with Gasteiger partial charge >= 0.3 is 0 Å². The van der Waals surface area contributed by atoms with Crippen LogP contribution in [0, 0.1) is 10.1 Å². The van der Waals surface area contributed by atoms with Crippen molar-refractivity contribution in [2.24, 2.45) is 0 Å². The van der Waals surface area contributed by atoms with E-state index in [-0.39, 0.29) is 15.4 Å². The second-order valence-electron chi connectivity index (χ2n) is 3.66. The van der Waals surface area contributed by atoms with E-state index in [4.69, 9.17) is 4.74 Å². The quantitative estimate of drug-likeness (QED) is 0.333. The Bertz CT molecular complexity index is 371. The van der Waals surface area contributed by atoms with Crippen LogP contribution in [-0.4, -0.2) is 18.1 Å². The zero-order valence-corrected chi connectivity index (χ0v) is 11.4. The number of hydrogen-bond donors (Lipinski definition) is 0. The maximum atomic E-state index is 10.6. The maximum absolute atomic E-state index is 10.6. The molecule has 0 bridgehead atoms. The maximum Gasteiger partial charge on any atom is 0.269 e. The summed E-state index contributed by atoms with van der Waals surface area (Å²) in [5, 5.41) is 10.6. The lowest BCUT2D eigenvalue weighted by Crippen LogP contribution is -1.97. The van der Waals surface area contributed by atoms with Crippen LogP contribution in [-0.2, 0) is 4.74 Å². The molecule has 0 heterocycles. The van der Waals surface area contributed by atoms with E-state index < -0.39 is 0 Å². The van der Waals surface area contributed by atoms with E-state index in [0.29, 0.717) is 0 Å². The van der Waals surface area contributed by atoms with E-state index in [2.05, 4.69) is 15.9 Å². The Morgan fingerprint density at radius 2 is 2.29 bits per heavy atom. The van der Waals surface area contributed by atoms with Crippen LogP contribution in [0.5, 0.6) is 0 Å². The van der Waals surface area contributed by atoms with Crippen LogP contribution in [0.4, 0.5) is 5.69 Å². The molecule has 1 unspecified atom stereocenters. The summed E-state index contributed by atoms with van der Waals surface area (Å²) in [5.74, 6) is 0. The van der Waals surface area contributed by atoms with Crippen LogP contribution in [0.15, 0.2) is 24.3 Å². The van der Waals surface area contributed by atoms with Gasteiger partial charge < -0.3 is 4.74 Å². The lowest BCUT2D eigenvalue weighted by Gasteiger charge is -2.09. The lowest BCUT2D eigenvalue weighted by atomic mass is 10.1.